The molecule has 1 heterocycles. The molecule has 0 aliphatic heterocycles. The van der Waals surface area contributed by atoms with Gasteiger partial charge in [-0.2, -0.15) is 4.73 Å². The van der Waals surface area contributed by atoms with Gasteiger partial charge >= 0.3 is 0 Å². The van der Waals surface area contributed by atoms with Crippen LogP contribution in [0.3, 0.4) is 0 Å². The highest BCUT2D eigenvalue weighted by molar-refractivity contribution is 5.85. The summed E-state index contributed by atoms with van der Waals surface area (Å²) in [6.45, 7) is 0.296. The molecule has 0 aliphatic rings. The van der Waals surface area contributed by atoms with E-state index in [9.17, 15) is 5.21 Å². The Bertz CT molecular complexity index is 205. The smallest absolute Gasteiger partial charge is 0.206 e. The van der Waals surface area contributed by atoms with Gasteiger partial charge in [0.25, 0.3) is 0 Å². The molecule has 3 nitrogen and oxygen atoms in total. The third kappa shape index (κ3) is 1.86. The number of nitrogens with zero attached hydrogens (tertiary/aromatic N) is 1. The maximum atomic E-state index is 10.7. The zero-order valence-corrected chi connectivity index (χ0v) is 6.17. The maximum Gasteiger partial charge on any atom is 0.206 e. The molecule has 0 saturated heterocycles. The van der Waals surface area contributed by atoms with Crippen LogP contribution in [-0.4, -0.2) is 0 Å². The fraction of sp³-hybridized carbons (Fsp3) is 0.167. The van der Waals surface area contributed by atoms with Gasteiger partial charge in [0.15, 0.2) is 6.20 Å². The Morgan fingerprint density at radius 3 is 2.60 bits per heavy atom. The monoisotopic (exact) mass is 160 g/mol. The number of halogens is 1. The number of hydrogen-bond donors (Lipinski definition) is 1. The topological polar surface area (TPSA) is 53.0 Å². The standard InChI is InChI=1S/C6H8N2O.ClH/c7-5-6-3-1-2-4-8(6)9;/h1-4H,5,7H2;1H. The van der Waals surface area contributed by atoms with Crippen LogP contribution in [0.5, 0.6) is 0 Å². The van der Waals surface area contributed by atoms with Crippen molar-refractivity contribution in [3.8, 4) is 0 Å². The zero-order chi connectivity index (χ0) is 6.69. The summed E-state index contributed by atoms with van der Waals surface area (Å²) in [5.74, 6) is 0. The van der Waals surface area contributed by atoms with Crippen LogP contribution in [-0.2, 0) is 6.54 Å². The summed E-state index contributed by atoms with van der Waals surface area (Å²) >= 11 is 0. The predicted molar refractivity (Wildman–Crippen MR) is 40.5 cm³/mol. The zero-order valence-electron chi connectivity index (χ0n) is 5.36. The molecule has 0 unspecified atom stereocenters. The molecule has 0 aliphatic carbocycles. The van der Waals surface area contributed by atoms with E-state index in [0.717, 1.165) is 4.73 Å². The van der Waals surface area contributed by atoms with Crippen LogP contribution in [0.15, 0.2) is 24.4 Å². The third-order valence-electron chi connectivity index (χ3n) is 1.11. The summed E-state index contributed by atoms with van der Waals surface area (Å²) in [6.07, 6.45) is 1.43. The fourth-order valence-corrected chi connectivity index (χ4v) is 0.622. The van der Waals surface area contributed by atoms with Gasteiger partial charge in [-0.25, -0.2) is 0 Å². The van der Waals surface area contributed by atoms with Gasteiger partial charge in [-0.15, -0.1) is 12.4 Å². The lowest BCUT2D eigenvalue weighted by atomic mass is 10.3. The Hall–Kier alpha value is -0.800. The summed E-state index contributed by atoms with van der Waals surface area (Å²) in [4.78, 5) is 0. The summed E-state index contributed by atoms with van der Waals surface area (Å²) in [7, 11) is 0. The Balaban J connectivity index is 0.000000810. The lowest BCUT2D eigenvalue weighted by molar-refractivity contribution is -0.614. The summed E-state index contributed by atoms with van der Waals surface area (Å²) in [5, 5.41) is 10.7. The molecule has 0 spiro atoms. The second kappa shape index (κ2) is 4.09. The van der Waals surface area contributed by atoms with Gasteiger partial charge in [0.1, 0.15) is 0 Å². The average Bonchev–Trinajstić information content (AvgIpc) is 1.89. The van der Waals surface area contributed by atoms with E-state index in [1.165, 1.54) is 6.20 Å². The minimum absolute atomic E-state index is 0. The van der Waals surface area contributed by atoms with Gasteiger partial charge in [-0.3, -0.25) is 0 Å². The molecule has 1 aromatic rings. The Kier molecular flexibility index (Phi) is 3.76. The second-order valence-electron chi connectivity index (χ2n) is 1.72. The first-order valence-electron chi connectivity index (χ1n) is 2.71. The summed E-state index contributed by atoms with van der Waals surface area (Å²) in [5.41, 5.74) is 5.82. The van der Waals surface area contributed by atoms with Crippen molar-refractivity contribution >= 4 is 12.4 Å². The molecule has 1 aromatic heterocycles. The van der Waals surface area contributed by atoms with Crippen molar-refractivity contribution in [3.05, 3.63) is 35.3 Å². The van der Waals surface area contributed by atoms with Crippen LogP contribution in [0.4, 0.5) is 0 Å². The quantitative estimate of drug-likeness (QED) is 0.472. The average molecular weight is 161 g/mol. The van der Waals surface area contributed by atoms with E-state index in [1.54, 1.807) is 18.2 Å². The van der Waals surface area contributed by atoms with Crippen molar-refractivity contribution in [2.45, 2.75) is 6.54 Å². The molecule has 1 rings (SSSR count). The molecular weight excluding hydrogens is 152 g/mol. The molecule has 0 amide bonds. The van der Waals surface area contributed by atoms with E-state index in [4.69, 9.17) is 5.73 Å². The molecule has 0 fully saturated rings. The van der Waals surface area contributed by atoms with Crippen molar-refractivity contribution < 1.29 is 4.73 Å². The molecule has 0 aromatic carbocycles. The second-order valence-corrected chi connectivity index (χ2v) is 1.72. The highest BCUT2D eigenvalue weighted by Gasteiger charge is 1.96. The van der Waals surface area contributed by atoms with Gasteiger partial charge < -0.3 is 10.9 Å². The number of rotatable bonds is 1. The first kappa shape index (κ1) is 9.20. The Labute approximate surface area is 65.5 Å². The molecule has 0 radical (unpaired) electrons. The van der Waals surface area contributed by atoms with E-state index >= 15 is 0 Å². The largest absolute Gasteiger partial charge is 0.618 e. The van der Waals surface area contributed by atoms with Gasteiger partial charge in [0.2, 0.25) is 5.69 Å². The predicted octanol–water partition coefficient (Wildman–Crippen LogP) is 0.200. The van der Waals surface area contributed by atoms with Crippen molar-refractivity contribution in [1.82, 2.24) is 0 Å². The number of aromatic nitrogens is 1. The minimum Gasteiger partial charge on any atom is -0.618 e. The van der Waals surface area contributed by atoms with Crippen molar-refractivity contribution in [2.75, 3.05) is 0 Å². The lowest BCUT2D eigenvalue weighted by Crippen LogP contribution is -2.32. The molecule has 0 atom stereocenters. The van der Waals surface area contributed by atoms with Crippen LogP contribution in [0, 0.1) is 5.21 Å². The minimum atomic E-state index is 0. The van der Waals surface area contributed by atoms with Crippen LogP contribution >= 0.6 is 12.4 Å². The van der Waals surface area contributed by atoms with Crippen LogP contribution in [0.1, 0.15) is 5.69 Å². The molecule has 0 saturated carbocycles. The van der Waals surface area contributed by atoms with E-state index < -0.39 is 0 Å². The van der Waals surface area contributed by atoms with Crippen molar-refractivity contribution in [2.24, 2.45) is 5.73 Å². The van der Waals surface area contributed by atoms with Gasteiger partial charge in [0.05, 0.1) is 6.54 Å². The van der Waals surface area contributed by atoms with E-state index in [2.05, 4.69) is 0 Å². The lowest BCUT2D eigenvalue weighted by Gasteiger charge is -1.98. The van der Waals surface area contributed by atoms with E-state index in [-0.39, 0.29) is 12.4 Å². The van der Waals surface area contributed by atoms with Crippen LogP contribution < -0.4 is 10.5 Å². The molecule has 10 heavy (non-hydrogen) atoms. The number of pyridine rings is 1. The number of hydrogen-bond acceptors (Lipinski definition) is 2. The third-order valence-corrected chi connectivity index (χ3v) is 1.11. The normalized spacial score (nSPS) is 8.50. The molecule has 4 heteroatoms. The summed E-state index contributed by atoms with van der Waals surface area (Å²) in [6, 6.07) is 5.16. The fourth-order valence-electron chi connectivity index (χ4n) is 0.622. The first-order chi connectivity index (χ1) is 4.34. The highest BCUT2D eigenvalue weighted by Crippen LogP contribution is 1.86. The Morgan fingerprint density at radius 1 is 1.50 bits per heavy atom. The van der Waals surface area contributed by atoms with Crippen molar-refractivity contribution in [3.63, 3.8) is 0 Å². The van der Waals surface area contributed by atoms with E-state index in [0.29, 0.717) is 12.2 Å². The maximum absolute atomic E-state index is 10.7. The van der Waals surface area contributed by atoms with Gasteiger partial charge in [-0.05, 0) is 6.07 Å². The van der Waals surface area contributed by atoms with Crippen LogP contribution in [0.25, 0.3) is 0 Å². The van der Waals surface area contributed by atoms with Gasteiger partial charge in [0, 0.05) is 12.1 Å². The first-order valence-corrected chi connectivity index (χ1v) is 2.71. The highest BCUT2D eigenvalue weighted by atomic mass is 35.5. The SMILES string of the molecule is Cl.NCc1cccc[n+]1[O-]. The molecule has 2 N–H and O–H groups in total. The Morgan fingerprint density at radius 2 is 2.20 bits per heavy atom. The van der Waals surface area contributed by atoms with E-state index in [1.807, 2.05) is 0 Å². The van der Waals surface area contributed by atoms with Crippen molar-refractivity contribution in [1.29, 1.82) is 0 Å². The summed E-state index contributed by atoms with van der Waals surface area (Å²) < 4.78 is 0.764. The van der Waals surface area contributed by atoms with Gasteiger partial charge in [-0.1, -0.05) is 0 Å². The molecular formula is C6H9ClN2O. The molecule has 0 bridgehead atoms. The number of nitrogens with two attached hydrogens (primary N) is 1. The van der Waals surface area contributed by atoms with Crippen LogP contribution in [0.2, 0.25) is 0 Å². The molecule has 56 valence electrons.